The number of benzene rings is 1. The van der Waals surface area contributed by atoms with Gasteiger partial charge in [-0.15, -0.1) is 0 Å². The third kappa shape index (κ3) is 4.96. The van der Waals surface area contributed by atoms with Crippen LogP contribution in [0.5, 0.6) is 0 Å². The van der Waals surface area contributed by atoms with Gasteiger partial charge in [-0.05, 0) is 31.2 Å². The van der Waals surface area contributed by atoms with E-state index in [2.05, 4.69) is 10.2 Å². The summed E-state index contributed by atoms with van der Waals surface area (Å²) in [5, 5.41) is 12.0. The van der Waals surface area contributed by atoms with Crippen molar-refractivity contribution < 1.29 is 14.3 Å². The number of halogens is 1. The lowest BCUT2D eigenvalue weighted by Crippen LogP contribution is -2.41. The number of nitrogens with one attached hydrogen (secondary N) is 1. The van der Waals surface area contributed by atoms with Crippen molar-refractivity contribution in [2.45, 2.75) is 13.0 Å². The fourth-order valence-electron chi connectivity index (χ4n) is 2.61. The molecule has 6 heteroatoms. The van der Waals surface area contributed by atoms with E-state index < -0.39 is 0 Å². The minimum Gasteiger partial charge on any atom is -0.396 e. The van der Waals surface area contributed by atoms with Crippen molar-refractivity contribution in [1.82, 2.24) is 15.1 Å². The van der Waals surface area contributed by atoms with Crippen LogP contribution in [0, 0.1) is 11.7 Å². The molecule has 1 heterocycles. The minimum absolute atomic E-state index is 0.0638. The summed E-state index contributed by atoms with van der Waals surface area (Å²) in [4.78, 5) is 15.8. The van der Waals surface area contributed by atoms with Crippen LogP contribution in [-0.4, -0.2) is 60.8 Å². The number of carbonyl (C=O) groups is 1. The Kier molecular flexibility index (Phi) is 6.15. The van der Waals surface area contributed by atoms with Gasteiger partial charge in [-0.1, -0.05) is 12.1 Å². The molecule has 2 rings (SSSR count). The van der Waals surface area contributed by atoms with Gasteiger partial charge >= 0.3 is 6.03 Å². The Hall–Kier alpha value is -1.66. The van der Waals surface area contributed by atoms with Crippen molar-refractivity contribution in [2.24, 2.45) is 5.92 Å². The molecule has 122 valence electrons. The van der Waals surface area contributed by atoms with E-state index in [9.17, 15) is 9.18 Å². The smallest absolute Gasteiger partial charge is 0.317 e. The third-order valence-corrected chi connectivity index (χ3v) is 3.97. The van der Waals surface area contributed by atoms with Gasteiger partial charge in [0.05, 0.1) is 0 Å². The first kappa shape index (κ1) is 16.7. The van der Waals surface area contributed by atoms with Gasteiger partial charge in [0.2, 0.25) is 0 Å². The standard InChI is InChI=1S/C16H24FN3O2/c1-19(10-13-2-4-15(17)5-3-13)9-7-18-16(22)20-8-6-14(11-20)12-21/h2-5,14,21H,6-12H2,1H3,(H,18,22). The van der Waals surface area contributed by atoms with Gasteiger partial charge in [-0.25, -0.2) is 9.18 Å². The number of likely N-dealkylation sites (tertiary alicyclic amines) is 1. The molecule has 1 fully saturated rings. The van der Waals surface area contributed by atoms with Crippen molar-refractivity contribution in [1.29, 1.82) is 0 Å². The fraction of sp³-hybridized carbons (Fsp3) is 0.562. The van der Waals surface area contributed by atoms with E-state index in [1.54, 1.807) is 17.0 Å². The Morgan fingerprint density at radius 2 is 2.18 bits per heavy atom. The van der Waals surface area contributed by atoms with E-state index in [4.69, 9.17) is 5.11 Å². The molecular weight excluding hydrogens is 285 g/mol. The van der Waals surface area contributed by atoms with Gasteiger partial charge in [0.15, 0.2) is 0 Å². The molecule has 1 saturated heterocycles. The average Bonchev–Trinajstić information content (AvgIpc) is 2.98. The predicted octanol–water partition coefficient (Wildman–Crippen LogP) is 1.28. The molecule has 0 saturated carbocycles. The summed E-state index contributed by atoms with van der Waals surface area (Å²) in [6, 6.07) is 6.38. The van der Waals surface area contributed by atoms with Crippen LogP contribution >= 0.6 is 0 Å². The largest absolute Gasteiger partial charge is 0.396 e. The first-order chi connectivity index (χ1) is 10.6. The molecule has 1 unspecified atom stereocenters. The number of nitrogens with zero attached hydrogens (tertiary/aromatic N) is 2. The Balaban J connectivity index is 1.65. The number of rotatable bonds is 6. The van der Waals surface area contributed by atoms with Crippen LogP contribution < -0.4 is 5.32 Å². The first-order valence-electron chi connectivity index (χ1n) is 7.65. The van der Waals surface area contributed by atoms with E-state index in [0.29, 0.717) is 26.2 Å². The van der Waals surface area contributed by atoms with Crippen LogP contribution in [0.25, 0.3) is 0 Å². The average molecular weight is 309 g/mol. The first-order valence-corrected chi connectivity index (χ1v) is 7.65. The quantitative estimate of drug-likeness (QED) is 0.832. The van der Waals surface area contributed by atoms with E-state index in [0.717, 1.165) is 18.5 Å². The Morgan fingerprint density at radius 1 is 1.45 bits per heavy atom. The highest BCUT2D eigenvalue weighted by atomic mass is 19.1. The summed E-state index contributed by atoms with van der Waals surface area (Å²) in [6.07, 6.45) is 0.869. The van der Waals surface area contributed by atoms with Gasteiger partial charge in [-0.3, -0.25) is 0 Å². The van der Waals surface area contributed by atoms with Crippen molar-refractivity contribution in [3.63, 3.8) is 0 Å². The summed E-state index contributed by atoms with van der Waals surface area (Å²) < 4.78 is 12.8. The van der Waals surface area contributed by atoms with Crippen molar-refractivity contribution >= 4 is 6.03 Å². The molecule has 1 atom stereocenters. The van der Waals surface area contributed by atoms with E-state index in [1.165, 1.54) is 12.1 Å². The Bertz CT molecular complexity index is 481. The molecule has 1 aromatic carbocycles. The number of likely N-dealkylation sites (N-methyl/N-ethyl adjacent to an activating group) is 1. The van der Waals surface area contributed by atoms with E-state index in [-0.39, 0.29) is 24.4 Å². The van der Waals surface area contributed by atoms with Crippen LogP contribution in [0.4, 0.5) is 9.18 Å². The molecule has 0 aromatic heterocycles. The maximum absolute atomic E-state index is 12.8. The highest BCUT2D eigenvalue weighted by Gasteiger charge is 2.25. The maximum atomic E-state index is 12.8. The molecule has 0 radical (unpaired) electrons. The van der Waals surface area contributed by atoms with Crippen molar-refractivity contribution in [3.8, 4) is 0 Å². The molecule has 0 spiro atoms. The van der Waals surface area contributed by atoms with E-state index >= 15 is 0 Å². The van der Waals surface area contributed by atoms with Crippen LogP contribution in [0.1, 0.15) is 12.0 Å². The number of carbonyl (C=O) groups excluding carboxylic acids is 1. The lowest BCUT2D eigenvalue weighted by molar-refractivity contribution is 0.196. The molecule has 5 nitrogen and oxygen atoms in total. The third-order valence-electron chi connectivity index (χ3n) is 3.97. The summed E-state index contributed by atoms with van der Waals surface area (Å²) >= 11 is 0. The van der Waals surface area contributed by atoms with Crippen LogP contribution in [0.15, 0.2) is 24.3 Å². The topological polar surface area (TPSA) is 55.8 Å². The second-order valence-corrected chi connectivity index (χ2v) is 5.88. The maximum Gasteiger partial charge on any atom is 0.317 e. The van der Waals surface area contributed by atoms with Crippen LogP contribution in [0.3, 0.4) is 0 Å². The molecule has 1 aliphatic heterocycles. The molecule has 1 aromatic rings. The summed E-state index contributed by atoms with van der Waals surface area (Å²) in [6.45, 7) is 3.49. The summed E-state index contributed by atoms with van der Waals surface area (Å²) in [5.74, 6) is -0.0163. The van der Waals surface area contributed by atoms with Gasteiger partial charge in [0.25, 0.3) is 0 Å². The highest BCUT2D eigenvalue weighted by Crippen LogP contribution is 2.14. The zero-order valence-corrected chi connectivity index (χ0v) is 13.0. The lowest BCUT2D eigenvalue weighted by atomic mass is 10.1. The van der Waals surface area contributed by atoms with E-state index in [1.807, 2.05) is 7.05 Å². The molecule has 0 bridgehead atoms. The molecule has 2 N–H and O–H groups in total. The van der Waals surface area contributed by atoms with Gasteiger partial charge < -0.3 is 20.2 Å². The Morgan fingerprint density at radius 3 is 2.82 bits per heavy atom. The van der Waals surface area contributed by atoms with Crippen molar-refractivity contribution in [2.75, 3.05) is 39.8 Å². The number of amides is 2. The number of aliphatic hydroxyl groups is 1. The number of hydrogen-bond acceptors (Lipinski definition) is 3. The molecular formula is C16H24FN3O2. The molecule has 0 aliphatic carbocycles. The zero-order valence-electron chi connectivity index (χ0n) is 13.0. The highest BCUT2D eigenvalue weighted by molar-refractivity contribution is 5.74. The normalized spacial score (nSPS) is 18.0. The van der Waals surface area contributed by atoms with Gasteiger partial charge in [0, 0.05) is 45.2 Å². The van der Waals surface area contributed by atoms with Gasteiger partial charge in [0.1, 0.15) is 5.82 Å². The van der Waals surface area contributed by atoms with Gasteiger partial charge in [-0.2, -0.15) is 0 Å². The Labute approximate surface area is 130 Å². The van der Waals surface area contributed by atoms with Crippen LogP contribution in [0.2, 0.25) is 0 Å². The minimum atomic E-state index is -0.231. The fourth-order valence-corrected chi connectivity index (χ4v) is 2.61. The second-order valence-electron chi connectivity index (χ2n) is 5.88. The zero-order chi connectivity index (χ0) is 15.9. The number of aliphatic hydroxyl groups excluding tert-OH is 1. The summed E-state index contributed by atoms with van der Waals surface area (Å²) in [7, 11) is 1.97. The lowest BCUT2D eigenvalue weighted by Gasteiger charge is -2.20. The molecule has 1 aliphatic rings. The molecule has 22 heavy (non-hydrogen) atoms. The summed E-state index contributed by atoms with van der Waals surface area (Å²) in [5.41, 5.74) is 1.04. The second kappa shape index (κ2) is 8.10. The van der Waals surface area contributed by atoms with Crippen LogP contribution in [-0.2, 0) is 6.54 Å². The number of hydrogen-bond donors (Lipinski definition) is 2. The SMILES string of the molecule is CN(CCNC(=O)N1CCC(CO)C1)Cc1ccc(F)cc1. The number of urea groups is 1. The van der Waals surface area contributed by atoms with Crippen molar-refractivity contribution in [3.05, 3.63) is 35.6 Å². The molecule has 2 amide bonds. The monoisotopic (exact) mass is 309 g/mol. The predicted molar refractivity (Wildman–Crippen MR) is 82.9 cm³/mol.